The number of aromatic nitrogens is 1. The first-order valence-electron chi connectivity index (χ1n) is 9.09. The van der Waals surface area contributed by atoms with Gasteiger partial charge in [-0.05, 0) is 36.2 Å². The third kappa shape index (κ3) is 3.49. The molecule has 1 aliphatic rings. The summed E-state index contributed by atoms with van der Waals surface area (Å²) in [7, 11) is 0. The van der Waals surface area contributed by atoms with Crippen LogP contribution in [-0.2, 0) is 16.1 Å². The molecule has 27 heavy (non-hydrogen) atoms. The molecule has 1 aromatic heterocycles. The second-order valence-electron chi connectivity index (χ2n) is 6.61. The van der Waals surface area contributed by atoms with Crippen molar-refractivity contribution in [1.82, 2.24) is 9.88 Å². The number of anilines is 1. The molecule has 4 rings (SSSR count). The van der Waals surface area contributed by atoms with E-state index in [1.165, 1.54) is 0 Å². The Morgan fingerprint density at radius 1 is 0.926 bits per heavy atom. The smallest absolute Gasteiger partial charge is 0.239 e. The summed E-state index contributed by atoms with van der Waals surface area (Å²) in [6.07, 6.45) is 4.42. The maximum atomic E-state index is 12.9. The Morgan fingerprint density at radius 2 is 1.59 bits per heavy atom. The molecule has 0 spiro atoms. The van der Waals surface area contributed by atoms with E-state index in [4.69, 9.17) is 0 Å². The van der Waals surface area contributed by atoms with Crippen LogP contribution in [0.1, 0.15) is 12.0 Å². The van der Waals surface area contributed by atoms with E-state index in [0.29, 0.717) is 19.5 Å². The highest BCUT2D eigenvalue weighted by Gasteiger charge is 2.38. The van der Waals surface area contributed by atoms with E-state index in [1.807, 2.05) is 83.7 Å². The molecule has 1 aliphatic heterocycles. The summed E-state index contributed by atoms with van der Waals surface area (Å²) in [5.74, 6) is -0.976. The summed E-state index contributed by atoms with van der Waals surface area (Å²) in [5.41, 5.74) is 2.78. The molecule has 0 aliphatic carbocycles. The zero-order valence-electron chi connectivity index (χ0n) is 14.9. The highest BCUT2D eigenvalue weighted by molar-refractivity contribution is 6.10. The van der Waals surface area contributed by atoms with Crippen LogP contribution in [0.25, 0.3) is 5.69 Å². The van der Waals surface area contributed by atoms with Crippen molar-refractivity contribution in [3.63, 3.8) is 0 Å². The first-order chi connectivity index (χ1) is 13.2. The summed E-state index contributed by atoms with van der Waals surface area (Å²) in [4.78, 5) is 27.2. The number of amides is 2. The number of rotatable bonds is 5. The average molecular weight is 359 g/mol. The summed E-state index contributed by atoms with van der Waals surface area (Å²) < 4.78 is 1.98. The number of benzene rings is 2. The van der Waals surface area contributed by atoms with Crippen LogP contribution in [0.5, 0.6) is 0 Å². The number of hydrogen-bond acceptors (Lipinski definition) is 2. The van der Waals surface area contributed by atoms with Gasteiger partial charge in [-0.2, -0.15) is 0 Å². The first kappa shape index (κ1) is 17.1. The molecule has 1 fully saturated rings. The zero-order valence-corrected chi connectivity index (χ0v) is 14.9. The molecule has 2 amide bonds. The van der Waals surface area contributed by atoms with E-state index in [9.17, 15) is 9.59 Å². The lowest BCUT2D eigenvalue weighted by Crippen LogP contribution is -2.36. The van der Waals surface area contributed by atoms with E-state index < -0.39 is 5.92 Å². The molecule has 5 heteroatoms. The summed E-state index contributed by atoms with van der Waals surface area (Å²) in [5, 5.41) is 2.89. The monoisotopic (exact) mass is 359 g/mol. The minimum atomic E-state index is -0.633. The van der Waals surface area contributed by atoms with E-state index in [-0.39, 0.29) is 11.8 Å². The SMILES string of the molecule is O=C(NCc1ccccc1)[C@@H]1CCN(c2ccccc2-n2cccc2)C1=O. The van der Waals surface area contributed by atoms with Crippen molar-refractivity contribution in [3.05, 3.63) is 84.7 Å². The van der Waals surface area contributed by atoms with Gasteiger partial charge >= 0.3 is 0 Å². The molecule has 0 bridgehead atoms. The number of nitrogens with one attached hydrogen (secondary N) is 1. The Balaban J connectivity index is 1.49. The predicted octanol–water partition coefficient (Wildman–Crippen LogP) is 3.15. The van der Waals surface area contributed by atoms with Gasteiger partial charge in [0.05, 0.1) is 11.4 Å². The van der Waals surface area contributed by atoms with Gasteiger partial charge in [0.1, 0.15) is 5.92 Å². The Morgan fingerprint density at radius 3 is 2.33 bits per heavy atom. The van der Waals surface area contributed by atoms with Crippen molar-refractivity contribution >= 4 is 17.5 Å². The van der Waals surface area contributed by atoms with Crippen molar-refractivity contribution in [2.45, 2.75) is 13.0 Å². The normalized spacial score (nSPS) is 16.5. The molecule has 1 N–H and O–H groups in total. The van der Waals surface area contributed by atoms with Crippen LogP contribution in [0.15, 0.2) is 79.1 Å². The summed E-state index contributed by atoms with van der Waals surface area (Å²) in [6, 6.07) is 21.4. The summed E-state index contributed by atoms with van der Waals surface area (Å²) in [6.45, 7) is 0.976. The van der Waals surface area contributed by atoms with Crippen molar-refractivity contribution in [1.29, 1.82) is 0 Å². The molecule has 5 nitrogen and oxygen atoms in total. The standard InChI is InChI=1S/C22H21N3O2/c26-21(23-16-17-8-2-1-3-9-17)18-12-15-25(22(18)27)20-11-5-4-10-19(20)24-13-6-7-14-24/h1-11,13-14,18H,12,15-16H2,(H,23,26)/t18-/m0/s1. The van der Waals surface area contributed by atoms with Crippen molar-refractivity contribution < 1.29 is 9.59 Å². The molecule has 1 atom stereocenters. The van der Waals surface area contributed by atoms with E-state index in [1.54, 1.807) is 4.90 Å². The molecule has 3 aromatic rings. The minimum Gasteiger partial charge on any atom is -0.351 e. The van der Waals surface area contributed by atoms with Gasteiger partial charge in [0.2, 0.25) is 11.8 Å². The highest BCUT2D eigenvalue weighted by Crippen LogP contribution is 2.30. The third-order valence-corrected chi connectivity index (χ3v) is 4.89. The van der Waals surface area contributed by atoms with Crippen LogP contribution in [0, 0.1) is 5.92 Å². The molecule has 2 aromatic carbocycles. The lowest BCUT2D eigenvalue weighted by atomic mass is 10.1. The van der Waals surface area contributed by atoms with Gasteiger partial charge in [0.25, 0.3) is 0 Å². The number of para-hydroxylation sites is 2. The van der Waals surface area contributed by atoms with Gasteiger partial charge in [-0.15, -0.1) is 0 Å². The molecular weight excluding hydrogens is 338 g/mol. The van der Waals surface area contributed by atoms with Crippen molar-refractivity contribution in [2.24, 2.45) is 5.92 Å². The fourth-order valence-corrected chi connectivity index (χ4v) is 3.48. The Hall–Kier alpha value is -3.34. The maximum Gasteiger partial charge on any atom is 0.239 e. The van der Waals surface area contributed by atoms with Crippen LogP contribution in [0.4, 0.5) is 5.69 Å². The minimum absolute atomic E-state index is 0.139. The van der Waals surface area contributed by atoms with Gasteiger partial charge < -0.3 is 14.8 Å². The number of carbonyl (C=O) groups is 2. The highest BCUT2D eigenvalue weighted by atomic mass is 16.2. The molecule has 0 radical (unpaired) electrons. The van der Waals surface area contributed by atoms with Crippen LogP contribution in [0.2, 0.25) is 0 Å². The number of hydrogen-bond donors (Lipinski definition) is 1. The largest absolute Gasteiger partial charge is 0.351 e. The summed E-state index contributed by atoms with van der Waals surface area (Å²) >= 11 is 0. The molecule has 2 heterocycles. The topological polar surface area (TPSA) is 54.3 Å². The zero-order chi connectivity index (χ0) is 18.6. The van der Waals surface area contributed by atoms with Crippen LogP contribution in [-0.4, -0.2) is 22.9 Å². The molecule has 1 saturated heterocycles. The first-order valence-corrected chi connectivity index (χ1v) is 9.09. The van der Waals surface area contributed by atoms with Crippen LogP contribution >= 0.6 is 0 Å². The van der Waals surface area contributed by atoms with Gasteiger partial charge in [0, 0.05) is 25.5 Å². The lowest BCUT2D eigenvalue weighted by Gasteiger charge is -2.21. The van der Waals surface area contributed by atoms with Gasteiger partial charge in [-0.1, -0.05) is 42.5 Å². The fourth-order valence-electron chi connectivity index (χ4n) is 3.48. The second-order valence-corrected chi connectivity index (χ2v) is 6.61. The van der Waals surface area contributed by atoms with E-state index >= 15 is 0 Å². The Bertz CT molecular complexity index is 935. The number of nitrogens with zero attached hydrogens (tertiary/aromatic N) is 2. The molecule has 136 valence electrons. The molecule has 0 unspecified atom stereocenters. The Labute approximate surface area is 158 Å². The quantitative estimate of drug-likeness (QED) is 0.712. The fraction of sp³-hybridized carbons (Fsp3) is 0.182. The molecular formula is C22H21N3O2. The third-order valence-electron chi connectivity index (χ3n) is 4.89. The van der Waals surface area contributed by atoms with Gasteiger partial charge in [-0.3, -0.25) is 9.59 Å². The van der Waals surface area contributed by atoms with Gasteiger partial charge in [-0.25, -0.2) is 0 Å². The van der Waals surface area contributed by atoms with E-state index in [2.05, 4.69) is 5.32 Å². The van der Waals surface area contributed by atoms with Crippen molar-refractivity contribution in [3.8, 4) is 5.69 Å². The van der Waals surface area contributed by atoms with Gasteiger partial charge in [0.15, 0.2) is 0 Å². The number of carbonyl (C=O) groups excluding carboxylic acids is 2. The van der Waals surface area contributed by atoms with E-state index in [0.717, 1.165) is 16.9 Å². The Kier molecular flexibility index (Phi) is 4.75. The second kappa shape index (κ2) is 7.50. The average Bonchev–Trinajstić information content (AvgIpc) is 3.37. The van der Waals surface area contributed by atoms with Crippen molar-refractivity contribution in [2.75, 3.05) is 11.4 Å². The van der Waals surface area contributed by atoms with Crippen LogP contribution < -0.4 is 10.2 Å². The predicted molar refractivity (Wildman–Crippen MR) is 105 cm³/mol. The maximum absolute atomic E-state index is 12.9. The molecule has 0 saturated carbocycles. The lowest BCUT2D eigenvalue weighted by molar-refractivity contribution is -0.132. The van der Waals surface area contributed by atoms with Crippen LogP contribution in [0.3, 0.4) is 0 Å².